The second-order valence-electron chi connectivity index (χ2n) is 7.06. The molecule has 2 aliphatic rings. The molecule has 0 aliphatic carbocycles. The Kier molecular flexibility index (Phi) is 8.08. The maximum atomic E-state index is 10.3. The van der Waals surface area contributed by atoms with Crippen LogP contribution in [-0.2, 0) is 9.47 Å². The number of aliphatic hydroxyl groups is 11. The van der Waals surface area contributed by atoms with Gasteiger partial charge in [-0.15, -0.1) is 0 Å². The van der Waals surface area contributed by atoms with Crippen LogP contribution in [0, 0.1) is 0 Å². The molecule has 0 aromatic rings. The molecule has 12 atom stereocenters. The van der Waals surface area contributed by atoms with Gasteiger partial charge in [0.25, 0.3) is 0 Å². The van der Waals surface area contributed by atoms with Crippen LogP contribution in [0.4, 0.5) is 0 Å². The first kappa shape index (κ1) is 23.8. The molecule has 0 radical (unpaired) electrons. The zero-order valence-electron chi connectivity index (χ0n) is 14.7. The first-order chi connectivity index (χ1) is 13.1. The van der Waals surface area contributed by atoms with E-state index in [4.69, 9.17) is 19.7 Å². The van der Waals surface area contributed by atoms with Gasteiger partial charge >= 0.3 is 0 Å². The number of aliphatic hydroxyl groups excluding tert-OH is 11. The molecule has 2 heterocycles. The van der Waals surface area contributed by atoms with Gasteiger partial charge in [0, 0.05) is 0 Å². The molecule has 4 unspecified atom stereocenters. The molecule has 0 spiro atoms. The summed E-state index contributed by atoms with van der Waals surface area (Å²) in [6.07, 6.45) is -23.4. The van der Waals surface area contributed by atoms with Gasteiger partial charge in [-0.05, 0) is 0 Å². The SMILES string of the molecule is OC[C@H]1OC(C(O)C(O)C(O)C2O[C@H](CO)[C@@H](O)[C@H](O)[C@@H]2O)[C@@H](O)[C@@H](O)[C@@H]1O. The van der Waals surface area contributed by atoms with Gasteiger partial charge in [-0.1, -0.05) is 0 Å². The quantitative estimate of drug-likeness (QED) is 0.193. The average Bonchev–Trinajstić information content (AvgIpc) is 2.69. The summed E-state index contributed by atoms with van der Waals surface area (Å²) in [7, 11) is 0. The Balaban J connectivity index is 2.14. The van der Waals surface area contributed by atoms with E-state index in [1.54, 1.807) is 0 Å². The van der Waals surface area contributed by atoms with Crippen molar-refractivity contribution in [1.82, 2.24) is 0 Å². The Morgan fingerprint density at radius 1 is 0.536 bits per heavy atom. The van der Waals surface area contributed by atoms with Crippen molar-refractivity contribution in [1.29, 1.82) is 0 Å². The number of hydrogen-bond donors (Lipinski definition) is 11. The van der Waals surface area contributed by atoms with E-state index in [0.717, 1.165) is 0 Å². The van der Waals surface area contributed by atoms with E-state index in [2.05, 4.69) is 0 Å². The van der Waals surface area contributed by atoms with Gasteiger partial charge < -0.3 is 65.6 Å². The number of rotatable bonds is 6. The first-order valence-corrected chi connectivity index (χ1v) is 8.72. The molecule has 28 heavy (non-hydrogen) atoms. The van der Waals surface area contributed by atoms with E-state index >= 15 is 0 Å². The van der Waals surface area contributed by atoms with Crippen LogP contribution in [0.5, 0.6) is 0 Å². The van der Waals surface area contributed by atoms with Crippen molar-refractivity contribution in [3.05, 3.63) is 0 Å². The molecule has 2 fully saturated rings. The topological polar surface area (TPSA) is 241 Å². The van der Waals surface area contributed by atoms with Crippen LogP contribution in [0.1, 0.15) is 0 Å². The maximum absolute atomic E-state index is 10.3. The highest BCUT2D eigenvalue weighted by Gasteiger charge is 2.52. The molecule has 0 saturated carbocycles. The summed E-state index contributed by atoms with van der Waals surface area (Å²) in [6.45, 7) is -1.56. The second-order valence-corrected chi connectivity index (χ2v) is 7.06. The van der Waals surface area contributed by atoms with Gasteiger partial charge in [-0.25, -0.2) is 0 Å². The Hall–Kier alpha value is -0.520. The minimum Gasteiger partial charge on any atom is -0.394 e. The van der Waals surface area contributed by atoms with Crippen molar-refractivity contribution >= 4 is 0 Å². The first-order valence-electron chi connectivity index (χ1n) is 8.72. The fourth-order valence-electron chi connectivity index (χ4n) is 3.42. The minimum atomic E-state index is -2.16. The van der Waals surface area contributed by atoms with Crippen LogP contribution in [-0.4, -0.2) is 149 Å². The summed E-state index contributed by atoms with van der Waals surface area (Å²) in [4.78, 5) is 0. The number of hydrogen-bond acceptors (Lipinski definition) is 13. The lowest BCUT2D eigenvalue weighted by Crippen LogP contribution is -2.67. The van der Waals surface area contributed by atoms with E-state index in [1.165, 1.54) is 0 Å². The van der Waals surface area contributed by atoms with E-state index in [1.807, 2.05) is 0 Å². The normalized spacial score (nSPS) is 48.1. The molecule has 0 bridgehead atoms. The Morgan fingerprint density at radius 3 is 1.14 bits per heavy atom. The summed E-state index contributed by atoms with van der Waals surface area (Å²) in [5, 5.41) is 108. The lowest BCUT2D eigenvalue weighted by Gasteiger charge is -2.45. The molecule has 0 aromatic heterocycles. The van der Waals surface area contributed by atoms with Crippen molar-refractivity contribution in [2.24, 2.45) is 0 Å². The molecule has 2 rings (SSSR count). The summed E-state index contributed by atoms with van der Waals surface area (Å²) in [5.41, 5.74) is 0. The molecular weight excluding hydrogens is 388 g/mol. The lowest BCUT2D eigenvalue weighted by molar-refractivity contribution is -0.280. The van der Waals surface area contributed by atoms with Gasteiger partial charge in [0.1, 0.15) is 79.4 Å². The molecule has 11 N–H and O–H groups in total. The van der Waals surface area contributed by atoms with Crippen molar-refractivity contribution in [2.45, 2.75) is 79.4 Å². The fourth-order valence-corrected chi connectivity index (χ4v) is 3.42. The second kappa shape index (κ2) is 9.53. The van der Waals surface area contributed by atoms with Gasteiger partial charge in [0.2, 0.25) is 0 Å². The molecule has 166 valence electrons. The van der Waals surface area contributed by atoms with Crippen molar-refractivity contribution < 1.29 is 65.6 Å². The zero-order chi connectivity index (χ0) is 21.3. The molecule has 13 nitrogen and oxygen atoms in total. The standard InChI is InChI=1S/C15H28O13/c16-1-3-5(18)7(20)10(23)14(27-3)12(25)9(22)13(26)15-11(24)8(21)6(19)4(2-17)28-15/h3-26H,1-2H2/t3-,4-,5-,6-,7+,8+,9?,10+,11+,12?,13?,14?,15?/m1/s1. The summed E-state index contributed by atoms with van der Waals surface area (Å²) in [5.74, 6) is 0. The third-order valence-electron chi connectivity index (χ3n) is 5.23. The summed E-state index contributed by atoms with van der Waals surface area (Å²) >= 11 is 0. The van der Waals surface area contributed by atoms with Crippen LogP contribution in [0.3, 0.4) is 0 Å². The Labute approximate surface area is 159 Å². The summed E-state index contributed by atoms with van der Waals surface area (Å²) in [6, 6.07) is 0. The minimum absolute atomic E-state index is 0.778. The Bertz CT molecular complexity index is 449. The zero-order valence-corrected chi connectivity index (χ0v) is 14.7. The third-order valence-corrected chi connectivity index (χ3v) is 5.23. The van der Waals surface area contributed by atoms with Crippen LogP contribution in [0.2, 0.25) is 0 Å². The van der Waals surface area contributed by atoms with E-state index in [9.17, 15) is 46.0 Å². The van der Waals surface area contributed by atoms with Gasteiger partial charge in [-0.2, -0.15) is 0 Å². The maximum Gasteiger partial charge on any atom is 0.115 e. The lowest BCUT2D eigenvalue weighted by atomic mass is 9.85. The summed E-state index contributed by atoms with van der Waals surface area (Å²) < 4.78 is 10.2. The van der Waals surface area contributed by atoms with Crippen molar-refractivity contribution in [3.8, 4) is 0 Å². The highest BCUT2D eigenvalue weighted by molar-refractivity contribution is 5.01. The van der Waals surface area contributed by atoms with Crippen molar-refractivity contribution in [3.63, 3.8) is 0 Å². The highest BCUT2D eigenvalue weighted by Crippen LogP contribution is 2.29. The average molecular weight is 416 g/mol. The molecular formula is C15H28O13. The van der Waals surface area contributed by atoms with E-state index < -0.39 is 92.6 Å². The third kappa shape index (κ3) is 4.32. The molecule has 2 saturated heterocycles. The fraction of sp³-hybridized carbons (Fsp3) is 1.00. The van der Waals surface area contributed by atoms with Crippen LogP contribution in [0.15, 0.2) is 0 Å². The van der Waals surface area contributed by atoms with Crippen LogP contribution < -0.4 is 0 Å². The molecule has 13 heteroatoms. The predicted octanol–water partition coefficient (Wildman–Crippen LogP) is -7.25. The molecule has 0 aromatic carbocycles. The predicted molar refractivity (Wildman–Crippen MR) is 85.6 cm³/mol. The van der Waals surface area contributed by atoms with Crippen LogP contribution >= 0.6 is 0 Å². The molecule has 2 aliphatic heterocycles. The largest absolute Gasteiger partial charge is 0.394 e. The van der Waals surface area contributed by atoms with Gasteiger partial charge in [0.15, 0.2) is 0 Å². The Morgan fingerprint density at radius 2 is 0.857 bits per heavy atom. The monoisotopic (exact) mass is 416 g/mol. The van der Waals surface area contributed by atoms with Crippen LogP contribution in [0.25, 0.3) is 0 Å². The molecule has 0 amide bonds. The highest BCUT2D eigenvalue weighted by atomic mass is 16.6. The van der Waals surface area contributed by atoms with E-state index in [0.29, 0.717) is 0 Å². The number of ether oxygens (including phenoxy) is 2. The van der Waals surface area contributed by atoms with Gasteiger partial charge in [-0.3, -0.25) is 0 Å². The van der Waals surface area contributed by atoms with E-state index in [-0.39, 0.29) is 0 Å². The van der Waals surface area contributed by atoms with Gasteiger partial charge in [0.05, 0.1) is 13.2 Å². The van der Waals surface area contributed by atoms with Crippen molar-refractivity contribution in [2.75, 3.05) is 13.2 Å². The smallest absolute Gasteiger partial charge is 0.115 e.